The van der Waals surface area contributed by atoms with Gasteiger partial charge < -0.3 is 15.4 Å². The van der Waals surface area contributed by atoms with E-state index in [9.17, 15) is 0 Å². The highest BCUT2D eigenvalue weighted by Gasteiger charge is 2.19. The fourth-order valence-corrected chi connectivity index (χ4v) is 3.37. The van der Waals surface area contributed by atoms with Crippen LogP contribution < -0.4 is 10.6 Å². The SMILES string of the molecule is CCC(NC(C)CC1COCCN1)c1cccs1. The minimum absolute atomic E-state index is 0.490. The molecule has 0 amide bonds. The highest BCUT2D eigenvalue weighted by Crippen LogP contribution is 2.22. The Morgan fingerprint density at radius 2 is 2.50 bits per heavy atom. The number of morpholine rings is 1. The van der Waals surface area contributed by atoms with Crippen LogP contribution in [0.4, 0.5) is 0 Å². The first-order valence-electron chi connectivity index (χ1n) is 6.90. The standard InChI is InChI=1S/C14H24N2OS/c1-3-13(14-5-4-8-18-14)16-11(2)9-12-10-17-7-6-15-12/h4-5,8,11-13,15-16H,3,6-7,9-10H2,1-2H3. The average Bonchev–Trinajstić information content (AvgIpc) is 2.91. The van der Waals surface area contributed by atoms with Gasteiger partial charge in [-0.15, -0.1) is 11.3 Å². The summed E-state index contributed by atoms with van der Waals surface area (Å²) in [5.74, 6) is 0. The number of nitrogens with one attached hydrogen (secondary N) is 2. The van der Waals surface area contributed by atoms with E-state index in [1.165, 1.54) is 4.88 Å². The molecular formula is C14H24N2OS. The van der Waals surface area contributed by atoms with Crippen molar-refractivity contribution in [1.82, 2.24) is 10.6 Å². The number of hydrogen-bond donors (Lipinski definition) is 2. The lowest BCUT2D eigenvalue weighted by molar-refractivity contribution is 0.0707. The molecule has 0 radical (unpaired) electrons. The van der Waals surface area contributed by atoms with Crippen molar-refractivity contribution in [3.05, 3.63) is 22.4 Å². The molecule has 3 unspecified atom stereocenters. The van der Waals surface area contributed by atoms with Crippen molar-refractivity contribution in [3.63, 3.8) is 0 Å². The van der Waals surface area contributed by atoms with Gasteiger partial charge in [0.25, 0.3) is 0 Å². The summed E-state index contributed by atoms with van der Waals surface area (Å²) in [7, 11) is 0. The van der Waals surface area contributed by atoms with Crippen molar-refractivity contribution in [2.45, 2.75) is 44.8 Å². The van der Waals surface area contributed by atoms with Crippen LogP contribution in [0, 0.1) is 0 Å². The first-order valence-corrected chi connectivity index (χ1v) is 7.78. The van der Waals surface area contributed by atoms with E-state index in [-0.39, 0.29) is 0 Å². The van der Waals surface area contributed by atoms with Crippen LogP contribution in [0.5, 0.6) is 0 Å². The summed E-state index contributed by atoms with van der Waals surface area (Å²) in [6.07, 6.45) is 2.27. The number of ether oxygens (including phenoxy) is 1. The van der Waals surface area contributed by atoms with Crippen molar-refractivity contribution in [2.75, 3.05) is 19.8 Å². The molecule has 0 bridgehead atoms. The Bertz CT molecular complexity index is 323. The Morgan fingerprint density at radius 3 is 3.11 bits per heavy atom. The molecule has 1 aliphatic heterocycles. The highest BCUT2D eigenvalue weighted by atomic mass is 32.1. The second-order valence-electron chi connectivity index (χ2n) is 5.01. The van der Waals surface area contributed by atoms with E-state index in [1.54, 1.807) is 0 Å². The van der Waals surface area contributed by atoms with Gasteiger partial charge in [0.15, 0.2) is 0 Å². The van der Waals surface area contributed by atoms with Crippen molar-refractivity contribution in [3.8, 4) is 0 Å². The van der Waals surface area contributed by atoms with Gasteiger partial charge in [-0.3, -0.25) is 0 Å². The van der Waals surface area contributed by atoms with E-state index < -0.39 is 0 Å². The summed E-state index contributed by atoms with van der Waals surface area (Å²) >= 11 is 1.84. The third-order valence-electron chi connectivity index (χ3n) is 3.42. The molecule has 1 aliphatic rings. The number of thiophene rings is 1. The third-order valence-corrected chi connectivity index (χ3v) is 4.40. The zero-order valence-corrected chi connectivity index (χ0v) is 12.1. The Hall–Kier alpha value is -0.420. The van der Waals surface area contributed by atoms with Crippen molar-refractivity contribution in [2.24, 2.45) is 0 Å². The molecule has 0 aromatic carbocycles. The van der Waals surface area contributed by atoms with Crippen molar-refractivity contribution < 1.29 is 4.74 Å². The zero-order chi connectivity index (χ0) is 12.8. The molecule has 1 aromatic rings. The maximum Gasteiger partial charge on any atom is 0.0620 e. The molecule has 1 fully saturated rings. The minimum atomic E-state index is 0.490. The summed E-state index contributed by atoms with van der Waals surface area (Å²) in [5, 5.41) is 9.40. The van der Waals surface area contributed by atoms with Gasteiger partial charge in [-0.2, -0.15) is 0 Å². The highest BCUT2D eigenvalue weighted by molar-refractivity contribution is 7.10. The Morgan fingerprint density at radius 1 is 1.61 bits per heavy atom. The van der Waals surface area contributed by atoms with Gasteiger partial charge in [0.1, 0.15) is 0 Å². The smallest absolute Gasteiger partial charge is 0.0620 e. The molecule has 2 rings (SSSR count). The van der Waals surface area contributed by atoms with Crippen LogP contribution in [0.1, 0.15) is 37.6 Å². The van der Waals surface area contributed by atoms with Gasteiger partial charge in [-0.25, -0.2) is 0 Å². The molecule has 18 heavy (non-hydrogen) atoms. The van der Waals surface area contributed by atoms with Crippen LogP contribution in [0.2, 0.25) is 0 Å². The van der Waals surface area contributed by atoms with Crippen molar-refractivity contribution >= 4 is 11.3 Å². The monoisotopic (exact) mass is 268 g/mol. The lowest BCUT2D eigenvalue weighted by Crippen LogP contribution is -2.45. The molecule has 0 aliphatic carbocycles. The molecule has 2 N–H and O–H groups in total. The summed E-state index contributed by atoms with van der Waals surface area (Å²) in [6.45, 7) is 7.20. The Labute approximate surface area is 114 Å². The minimum Gasteiger partial charge on any atom is -0.379 e. The average molecular weight is 268 g/mol. The molecule has 3 nitrogen and oxygen atoms in total. The molecule has 0 spiro atoms. The molecular weight excluding hydrogens is 244 g/mol. The first-order chi connectivity index (χ1) is 8.79. The second kappa shape index (κ2) is 7.24. The zero-order valence-electron chi connectivity index (χ0n) is 11.3. The van der Waals surface area contributed by atoms with E-state index in [4.69, 9.17) is 4.74 Å². The molecule has 1 saturated heterocycles. The molecule has 102 valence electrons. The second-order valence-corrected chi connectivity index (χ2v) is 5.98. The summed E-state index contributed by atoms with van der Waals surface area (Å²) in [6, 6.07) is 5.86. The molecule has 2 heterocycles. The number of hydrogen-bond acceptors (Lipinski definition) is 4. The predicted octanol–water partition coefficient (Wildman–Crippen LogP) is 2.56. The van der Waals surface area contributed by atoms with Crippen LogP contribution >= 0.6 is 11.3 Å². The predicted molar refractivity (Wildman–Crippen MR) is 77.2 cm³/mol. The van der Waals surface area contributed by atoms with Crippen molar-refractivity contribution in [1.29, 1.82) is 0 Å². The van der Waals surface area contributed by atoms with Gasteiger partial charge in [-0.05, 0) is 31.2 Å². The van der Waals surface area contributed by atoms with E-state index in [2.05, 4.69) is 42.0 Å². The first kappa shape index (κ1) is 14.0. The maximum atomic E-state index is 5.50. The molecule has 3 atom stereocenters. The molecule has 0 saturated carbocycles. The Balaban J connectivity index is 1.79. The van der Waals surface area contributed by atoms with Crippen LogP contribution in [0.15, 0.2) is 17.5 Å². The van der Waals surface area contributed by atoms with E-state index in [1.807, 2.05) is 11.3 Å². The van der Waals surface area contributed by atoms with E-state index in [0.717, 1.165) is 32.6 Å². The lowest BCUT2D eigenvalue weighted by atomic mass is 10.1. The summed E-state index contributed by atoms with van der Waals surface area (Å²) in [4.78, 5) is 1.44. The van der Waals surface area contributed by atoms with Crippen LogP contribution in [0.25, 0.3) is 0 Å². The van der Waals surface area contributed by atoms with E-state index >= 15 is 0 Å². The Kier molecular flexibility index (Phi) is 5.63. The van der Waals surface area contributed by atoms with Gasteiger partial charge in [-0.1, -0.05) is 13.0 Å². The fourth-order valence-electron chi connectivity index (χ4n) is 2.50. The van der Waals surface area contributed by atoms with Gasteiger partial charge in [0.05, 0.1) is 13.2 Å². The number of rotatable bonds is 6. The largest absolute Gasteiger partial charge is 0.379 e. The normalized spacial score (nSPS) is 23.8. The fraction of sp³-hybridized carbons (Fsp3) is 0.714. The van der Waals surface area contributed by atoms with E-state index in [0.29, 0.717) is 18.1 Å². The van der Waals surface area contributed by atoms with Crippen LogP contribution in [-0.2, 0) is 4.74 Å². The van der Waals surface area contributed by atoms with Gasteiger partial charge >= 0.3 is 0 Å². The topological polar surface area (TPSA) is 33.3 Å². The molecule has 4 heteroatoms. The van der Waals surface area contributed by atoms with Gasteiger partial charge in [0, 0.05) is 29.5 Å². The molecule has 1 aromatic heterocycles. The van der Waals surface area contributed by atoms with Crippen LogP contribution in [0.3, 0.4) is 0 Å². The van der Waals surface area contributed by atoms with Gasteiger partial charge in [0.2, 0.25) is 0 Å². The maximum absolute atomic E-state index is 5.50. The van der Waals surface area contributed by atoms with Crippen LogP contribution in [-0.4, -0.2) is 31.8 Å². The summed E-state index contributed by atoms with van der Waals surface area (Å²) in [5.41, 5.74) is 0. The third kappa shape index (κ3) is 4.05. The lowest BCUT2D eigenvalue weighted by Gasteiger charge is -2.28. The summed E-state index contributed by atoms with van der Waals surface area (Å²) < 4.78 is 5.50. The quantitative estimate of drug-likeness (QED) is 0.832.